The summed E-state index contributed by atoms with van der Waals surface area (Å²) in [6.45, 7) is 45.6. The van der Waals surface area contributed by atoms with Crippen molar-refractivity contribution >= 4 is 18.2 Å². The highest BCUT2D eigenvalue weighted by Crippen LogP contribution is 2.22. The van der Waals surface area contributed by atoms with Crippen molar-refractivity contribution in [3.05, 3.63) is 49.5 Å². The van der Waals surface area contributed by atoms with Crippen LogP contribution in [0.1, 0.15) is 221 Å². The molecular formula is C66H123N5O7. The molecule has 1 heterocycles. The molecule has 0 bridgehead atoms. The minimum absolute atomic E-state index is 0.0270. The van der Waals surface area contributed by atoms with Gasteiger partial charge in [0, 0.05) is 90.8 Å². The third-order valence-electron chi connectivity index (χ3n) is 15.8. The summed E-state index contributed by atoms with van der Waals surface area (Å²) in [6.07, 6.45) is 33.0. The van der Waals surface area contributed by atoms with Gasteiger partial charge >= 0.3 is 11.9 Å². The Kier molecular flexibility index (Phi) is 48.7. The highest BCUT2D eigenvalue weighted by molar-refractivity contribution is 5.72. The quantitative estimate of drug-likeness (QED) is 0.0190. The van der Waals surface area contributed by atoms with Gasteiger partial charge in [0.25, 0.3) is 0 Å². The summed E-state index contributed by atoms with van der Waals surface area (Å²) in [5, 5.41) is 0. The molecule has 12 heteroatoms. The van der Waals surface area contributed by atoms with Gasteiger partial charge in [-0.25, -0.2) is 0 Å². The largest absolute Gasteiger partial charge is 0.499 e. The Bertz CT molecular complexity index is 1500. The summed E-state index contributed by atoms with van der Waals surface area (Å²) in [5.41, 5.74) is 1.37. The van der Waals surface area contributed by atoms with Crippen molar-refractivity contribution in [2.75, 3.05) is 125 Å². The van der Waals surface area contributed by atoms with Crippen LogP contribution < -0.4 is 0 Å². The van der Waals surface area contributed by atoms with E-state index in [-0.39, 0.29) is 17.9 Å². The standard InChI is InChI=1S/C66H123N5O7/c1-10-16-20-29-58-77-65(73)39-48-68(45-33-55-72)42-26-23-28-44-70-50-53-71(54-51-70)52-49-69(46-37-60(7)34-24-21-30-57-76-62(9)63(14-5)35-17-11-2)43-27-22-25-41-67(40-19-13-4)47-38-61(8)75-56-31-32-59-78-66(74)64(15-6)36-18-12-3/h13,55,63-64H,4,7-12,14-54,56-59H2,1-3,5-6H3. The number of piperazine rings is 1. The Labute approximate surface area is 480 Å². The van der Waals surface area contributed by atoms with Crippen molar-refractivity contribution in [3.63, 3.8) is 0 Å². The highest BCUT2D eigenvalue weighted by atomic mass is 16.5. The Balaban J connectivity index is 2.60. The smallest absolute Gasteiger partial charge is 0.308 e. The summed E-state index contributed by atoms with van der Waals surface area (Å²) in [6, 6.07) is 0. The van der Waals surface area contributed by atoms with E-state index in [9.17, 15) is 14.4 Å². The Morgan fingerprint density at radius 2 is 0.974 bits per heavy atom. The number of allylic oxidation sites excluding steroid dienone is 1. The molecule has 2 unspecified atom stereocenters. The number of carbonyl (C=O) groups is 3. The van der Waals surface area contributed by atoms with Gasteiger partial charge in [-0.3, -0.25) is 14.5 Å². The number of ether oxygens (including phenoxy) is 4. The van der Waals surface area contributed by atoms with E-state index in [4.69, 9.17) is 18.9 Å². The second-order valence-electron chi connectivity index (χ2n) is 22.5. The van der Waals surface area contributed by atoms with Crippen LogP contribution in [-0.4, -0.2) is 167 Å². The second-order valence-corrected chi connectivity index (χ2v) is 22.5. The molecule has 0 aromatic heterocycles. The van der Waals surface area contributed by atoms with Crippen molar-refractivity contribution in [3.8, 4) is 0 Å². The number of hydrogen-bond donors (Lipinski definition) is 0. The molecule has 0 saturated carbocycles. The molecule has 1 aliphatic heterocycles. The van der Waals surface area contributed by atoms with E-state index in [2.05, 4.69) is 85.4 Å². The van der Waals surface area contributed by atoms with Gasteiger partial charge in [0.05, 0.1) is 50.3 Å². The fraction of sp³-hybridized carbons (Fsp3) is 0.833. The molecule has 2 atom stereocenters. The zero-order valence-electron chi connectivity index (χ0n) is 51.7. The maximum absolute atomic E-state index is 12.4. The fourth-order valence-electron chi connectivity index (χ4n) is 10.2. The molecule has 1 fully saturated rings. The summed E-state index contributed by atoms with van der Waals surface area (Å²) >= 11 is 0. The van der Waals surface area contributed by atoms with Crippen molar-refractivity contribution in [1.82, 2.24) is 24.5 Å². The van der Waals surface area contributed by atoms with E-state index in [0.29, 0.717) is 51.7 Å². The lowest BCUT2D eigenvalue weighted by molar-refractivity contribution is -0.149. The monoisotopic (exact) mass is 1100 g/mol. The number of esters is 2. The molecule has 12 nitrogen and oxygen atoms in total. The number of unbranched alkanes of at least 4 members (excludes halogenated alkanes) is 12. The van der Waals surface area contributed by atoms with Gasteiger partial charge in [-0.2, -0.15) is 0 Å². The maximum Gasteiger partial charge on any atom is 0.308 e. The summed E-state index contributed by atoms with van der Waals surface area (Å²) in [4.78, 5) is 48.7. The van der Waals surface area contributed by atoms with Gasteiger partial charge in [-0.1, -0.05) is 124 Å². The van der Waals surface area contributed by atoms with Crippen LogP contribution in [0.4, 0.5) is 0 Å². The van der Waals surface area contributed by atoms with Gasteiger partial charge in [-0.15, -0.1) is 6.58 Å². The first-order valence-electron chi connectivity index (χ1n) is 32.3. The molecule has 1 rings (SSSR count). The van der Waals surface area contributed by atoms with Crippen LogP contribution in [0.2, 0.25) is 0 Å². The first kappa shape index (κ1) is 73.0. The first-order chi connectivity index (χ1) is 38.0. The molecule has 0 aliphatic carbocycles. The van der Waals surface area contributed by atoms with Crippen LogP contribution in [0.3, 0.4) is 0 Å². The molecule has 0 radical (unpaired) electrons. The van der Waals surface area contributed by atoms with Crippen LogP contribution in [0.5, 0.6) is 0 Å². The molecule has 0 spiro atoms. The van der Waals surface area contributed by atoms with Gasteiger partial charge in [0.1, 0.15) is 6.29 Å². The van der Waals surface area contributed by atoms with Gasteiger partial charge in [0.2, 0.25) is 0 Å². The van der Waals surface area contributed by atoms with E-state index in [0.717, 1.165) is 219 Å². The van der Waals surface area contributed by atoms with E-state index in [1.54, 1.807) is 0 Å². The Morgan fingerprint density at radius 1 is 0.474 bits per heavy atom. The lowest BCUT2D eigenvalue weighted by atomic mass is 9.98. The second kappa shape index (κ2) is 52.1. The van der Waals surface area contributed by atoms with Crippen LogP contribution in [0.15, 0.2) is 49.5 Å². The third kappa shape index (κ3) is 41.0. The SMILES string of the molecule is C=CCCN(CCCCCN(CCC(=C)CCCCCOC(=C)C(CC)CCCC)CCN1CCN(CCCCCN(CCC=O)CCC(=O)OCCCCCC)CC1)CCC(=C)OCCCCOC(=O)C(CC)CCCC. The van der Waals surface area contributed by atoms with E-state index < -0.39 is 0 Å². The zero-order chi connectivity index (χ0) is 57.1. The Hall–Kier alpha value is -3.03. The summed E-state index contributed by atoms with van der Waals surface area (Å²) in [7, 11) is 0. The van der Waals surface area contributed by atoms with Crippen LogP contribution in [-0.2, 0) is 33.3 Å². The molecule has 0 aromatic carbocycles. The van der Waals surface area contributed by atoms with E-state index in [1.165, 1.54) is 69.8 Å². The van der Waals surface area contributed by atoms with Crippen LogP contribution in [0, 0.1) is 11.8 Å². The minimum atomic E-state index is -0.121. The molecule has 454 valence electrons. The first-order valence-corrected chi connectivity index (χ1v) is 32.3. The van der Waals surface area contributed by atoms with Crippen LogP contribution in [0.25, 0.3) is 0 Å². The van der Waals surface area contributed by atoms with Gasteiger partial charge in [-0.05, 0) is 135 Å². The highest BCUT2D eigenvalue weighted by Gasteiger charge is 2.20. The zero-order valence-corrected chi connectivity index (χ0v) is 51.7. The van der Waals surface area contributed by atoms with Crippen LogP contribution >= 0.6 is 0 Å². The van der Waals surface area contributed by atoms with E-state index >= 15 is 0 Å². The topological polar surface area (TPSA) is 104 Å². The number of aldehydes is 1. The number of carbonyl (C=O) groups excluding carboxylic acids is 3. The van der Waals surface area contributed by atoms with E-state index in [1.807, 2.05) is 6.08 Å². The van der Waals surface area contributed by atoms with Gasteiger partial charge in [0.15, 0.2) is 0 Å². The predicted octanol–water partition coefficient (Wildman–Crippen LogP) is 14.2. The van der Waals surface area contributed by atoms with Gasteiger partial charge < -0.3 is 43.3 Å². The minimum Gasteiger partial charge on any atom is -0.499 e. The molecule has 1 aliphatic rings. The van der Waals surface area contributed by atoms with Crippen molar-refractivity contribution in [2.24, 2.45) is 11.8 Å². The normalized spacial score (nSPS) is 13.9. The number of nitrogens with zero attached hydrogens (tertiary/aromatic N) is 5. The average Bonchev–Trinajstić information content (AvgIpc) is 3.44. The molecule has 0 N–H and O–H groups in total. The molecule has 0 amide bonds. The molecule has 1 saturated heterocycles. The van der Waals surface area contributed by atoms with Crippen molar-refractivity contribution in [2.45, 2.75) is 221 Å². The van der Waals surface area contributed by atoms with Crippen molar-refractivity contribution in [1.29, 1.82) is 0 Å². The predicted molar refractivity (Wildman–Crippen MR) is 329 cm³/mol. The summed E-state index contributed by atoms with van der Waals surface area (Å²) in [5.74, 6) is 2.17. The summed E-state index contributed by atoms with van der Waals surface area (Å²) < 4.78 is 23.1. The molecule has 0 aromatic rings. The average molecular weight is 1100 g/mol. The molecule has 78 heavy (non-hydrogen) atoms. The number of hydrogen-bond acceptors (Lipinski definition) is 12. The molecular weight excluding hydrogens is 975 g/mol. The lowest BCUT2D eigenvalue weighted by Gasteiger charge is -2.36. The third-order valence-corrected chi connectivity index (χ3v) is 15.8. The Morgan fingerprint density at radius 3 is 1.59 bits per heavy atom. The lowest BCUT2D eigenvalue weighted by Crippen LogP contribution is -2.48. The maximum atomic E-state index is 12.4. The van der Waals surface area contributed by atoms with Crippen molar-refractivity contribution < 1.29 is 33.3 Å². The fourth-order valence-corrected chi connectivity index (χ4v) is 10.2. The number of rotatable bonds is 58.